The van der Waals surface area contributed by atoms with E-state index in [1.807, 2.05) is 24.3 Å². The predicted octanol–water partition coefficient (Wildman–Crippen LogP) is 6.59. The van der Waals surface area contributed by atoms with E-state index in [1.54, 1.807) is 12.1 Å². The van der Waals surface area contributed by atoms with Crippen LogP contribution < -0.4 is 0 Å². The summed E-state index contributed by atoms with van der Waals surface area (Å²) in [5.74, 6) is 0. The van der Waals surface area contributed by atoms with Crippen molar-refractivity contribution >= 4 is 0 Å². The molecule has 0 saturated carbocycles. The van der Waals surface area contributed by atoms with Crippen molar-refractivity contribution < 1.29 is 0 Å². The predicted molar refractivity (Wildman–Crippen MR) is 103 cm³/mol. The molecule has 0 aliphatic heterocycles. The maximum absolute atomic E-state index is 8.57. The summed E-state index contributed by atoms with van der Waals surface area (Å²) in [4.78, 5) is 11.1. The van der Waals surface area contributed by atoms with E-state index in [0.29, 0.717) is 0 Å². The second-order valence-corrected chi connectivity index (χ2v) is 5.63. The summed E-state index contributed by atoms with van der Waals surface area (Å²) < 4.78 is 0. The van der Waals surface area contributed by atoms with Crippen LogP contribution in [0, 0.1) is 0 Å². The smallest absolute Gasteiger partial charge is 0.0511 e. The molecule has 0 radical (unpaired) electrons. The Morgan fingerprint density at radius 1 is 0.464 bits per heavy atom. The molecule has 0 atom stereocenters. The zero-order chi connectivity index (χ0) is 20.2. The lowest BCUT2D eigenvalue weighted by Gasteiger charge is -2.11. The molecule has 2 rings (SSSR count). The molecule has 0 aliphatic rings. The van der Waals surface area contributed by atoms with Crippen LogP contribution in [0.3, 0.4) is 0 Å². The Hall–Kier alpha value is -4.32. The lowest BCUT2D eigenvalue weighted by atomic mass is 9.96. The quantitative estimate of drug-likeness (QED) is 0.259. The van der Waals surface area contributed by atoms with Crippen LogP contribution >= 0.6 is 0 Å². The van der Waals surface area contributed by atoms with Gasteiger partial charge in [-0.3, -0.25) is 0 Å². The van der Waals surface area contributed by atoms with Gasteiger partial charge in [0.25, 0.3) is 0 Å². The fourth-order valence-electron chi connectivity index (χ4n) is 2.68. The molecule has 138 valence electrons. The Labute approximate surface area is 158 Å². The highest BCUT2D eigenvalue weighted by Gasteiger charge is 2.07. The lowest BCUT2D eigenvalue weighted by Crippen LogP contribution is -1.93. The topological polar surface area (TPSA) is 195 Å². The first kappa shape index (κ1) is 20.0. The van der Waals surface area contributed by atoms with E-state index in [1.165, 1.54) is 0 Å². The molecule has 0 unspecified atom stereocenters. The van der Waals surface area contributed by atoms with Crippen molar-refractivity contribution in [3.8, 4) is 11.1 Å². The van der Waals surface area contributed by atoms with Gasteiger partial charge in [0.15, 0.2) is 0 Å². The molecule has 0 aromatic heterocycles. The van der Waals surface area contributed by atoms with Crippen LogP contribution in [0.1, 0.15) is 22.3 Å². The minimum absolute atomic E-state index is 0.150. The Bertz CT molecular complexity index is 887. The largest absolute Gasteiger partial charge is 0.0893 e. The molecule has 28 heavy (non-hydrogen) atoms. The fourth-order valence-corrected chi connectivity index (χ4v) is 2.68. The molecule has 0 fully saturated rings. The van der Waals surface area contributed by atoms with Crippen LogP contribution in [0.4, 0.5) is 0 Å². The number of hydrogen-bond acceptors (Lipinski definition) is 4. The van der Waals surface area contributed by atoms with E-state index in [4.69, 9.17) is 22.1 Å². The molecule has 0 amide bonds. The van der Waals surface area contributed by atoms with E-state index in [-0.39, 0.29) is 26.2 Å². The van der Waals surface area contributed by atoms with Gasteiger partial charge in [0.05, 0.1) is 26.2 Å². The van der Waals surface area contributed by atoms with Crippen molar-refractivity contribution in [1.29, 1.82) is 0 Å². The molecule has 0 spiro atoms. The summed E-state index contributed by atoms with van der Waals surface area (Å²) in [5, 5.41) is 14.3. The van der Waals surface area contributed by atoms with Gasteiger partial charge in [-0.1, -0.05) is 56.9 Å². The number of hydrogen-bond donors (Lipinski definition) is 0. The van der Waals surface area contributed by atoms with E-state index >= 15 is 0 Å². The van der Waals surface area contributed by atoms with Gasteiger partial charge in [0.2, 0.25) is 0 Å². The summed E-state index contributed by atoms with van der Waals surface area (Å²) in [6.07, 6.45) is 0. The van der Waals surface area contributed by atoms with Gasteiger partial charge >= 0.3 is 0 Å². The molecule has 2 aromatic carbocycles. The second-order valence-electron chi connectivity index (χ2n) is 5.63. The number of benzene rings is 2. The highest BCUT2D eigenvalue weighted by atomic mass is 15.1. The van der Waals surface area contributed by atoms with Gasteiger partial charge in [0.1, 0.15) is 0 Å². The summed E-state index contributed by atoms with van der Waals surface area (Å²) in [5.41, 5.74) is 38.9. The summed E-state index contributed by atoms with van der Waals surface area (Å²) in [7, 11) is 0. The molecular formula is C16H14N12. The number of azide groups is 4. The second kappa shape index (κ2) is 10.6. The summed E-state index contributed by atoms with van der Waals surface area (Å²) >= 11 is 0. The monoisotopic (exact) mass is 374 g/mol. The molecule has 0 aliphatic carbocycles. The van der Waals surface area contributed by atoms with Gasteiger partial charge in [-0.2, -0.15) is 0 Å². The van der Waals surface area contributed by atoms with Crippen molar-refractivity contribution in [3.63, 3.8) is 0 Å². The van der Waals surface area contributed by atoms with Crippen molar-refractivity contribution in [2.24, 2.45) is 20.5 Å². The zero-order valence-electron chi connectivity index (χ0n) is 14.7. The minimum atomic E-state index is 0.150. The third-order valence-electron chi connectivity index (χ3n) is 3.70. The highest BCUT2D eigenvalue weighted by Crippen LogP contribution is 2.27. The molecular weight excluding hydrogens is 360 g/mol. The standard InChI is InChI=1S/C16H14N12/c17-25-21-7-11-1-12(8-22-26-18)4-15(3-11)16-5-13(9-23-27-19)2-14(6-16)10-24-28-20/h1-6H,7-10H2. The van der Waals surface area contributed by atoms with Crippen LogP contribution in [0.5, 0.6) is 0 Å². The van der Waals surface area contributed by atoms with Gasteiger partial charge in [-0.15, -0.1) is 0 Å². The van der Waals surface area contributed by atoms with E-state index in [0.717, 1.165) is 33.4 Å². The minimum Gasteiger partial charge on any atom is -0.0893 e. The fraction of sp³-hybridized carbons (Fsp3) is 0.250. The first-order valence-electron chi connectivity index (χ1n) is 7.99. The summed E-state index contributed by atoms with van der Waals surface area (Å²) in [6.45, 7) is 0.602. The number of rotatable bonds is 9. The normalized spacial score (nSPS) is 9.29. The van der Waals surface area contributed by atoms with Crippen LogP contribution in [-0.4, -0.2) is 0 Å². The Morgan fingerprint density at radius 3 is 0.929 bits per heavy atom. The third kappa shape index (κ3) is 5.89. The van der Waals surface area contributed by atoms with Crippen molar-refractivity contribution in [2.75, 3.05) is 0 Å². The van der Waals surface area contributed by atoms with Crippen molar-refractivity contribution in [3.05, 3.63) is 100 Å². The van der Waals surface area contributed by atoms with E-state index in [2.05, 4.69) is 40.1 Å². The third-order valence-corrected chi connectivity index (χ3v) is 3.70. The van der Waals surface area contributed by atoms with Gasteiger partial charge in [-0.25, -0.2) is 0 Å². The van der Waals surface area contributed by atoms with Crippen LogP contribution in [0.2, 0.25) is 0 Å². The first-order chi connectivity index (χ1) is 13.7. The highest BCUT2D eigenvalue weighted by molar-refractivity contribution is 5.67. The summed E-state index contributed by atoms with van der Waals surface area (Å²) in [6, 6.07) is 11.0. The van der Waals surface area contributed by atoms with Crippen molar-refractivity contribution in [2.45, 2.75) is 26.2 Å². The Morgan fingerprint density at radius 2 is 0.714 bits per heavy atom. The molecule has 0 bridgehead atoms. The average molecular weight is 374 g/mol. The number of nitrogens with zero attached hydrogens (tertiary/aromatic N) is 12. The molecule has 12 nitrogen and oxygen atoms in total. The van der Waals surface area contributed by atoms with E-state index in [9.17, 15) is 0 Å². The van der Waals surface area contributed by atoms with Crippen molar-refractivity contribution in [1.82, 2.24) is 0 Å². The molecule has 12 heteroatoms. The van der Waals surface area contributed by atoms with E-state index < -0.39 is 0 Å². The average Bonchev–Trinajstić information content (AvgIpc) is 2.73. The van der Waals surface area contributed by atoms with Gasteiger partial charge < -0.3 is 0 Å². The molecule has 0 heterocycles. The maximum atomic E-state index is 8.57. The van der Waals surface area contributed by atoms with Crippen LogP contribution in [0.15, 0.2) is 56.9 Å². The SMILES string of the molecule is [N-]=[N+]=NCc1cc(CN=[N+]=[N-])cc(-c2cc(CN=[N+]=[N-])cc(CN=[N+]=[N-])c2)c1. The van der Waals surface area contributed by atoms with Gasteiger partial charge in [0, 0.05) is 19.6 Å². The molecule has 2 aromatic rings. The first-order valence-corrected chi connectivity index (χ1v) is 7.99. The van der Waals surface area contributed by atoms with Crippen LogP contribution in [-0.2, 0) is 26.2 Å². The maximum Gasteiger partial charge on any atom is 0.0511 e. The van der Waals surface area contributed by atoms with Crippen LogP contribution in [0.25, 0.3) is 52.9 Å². The molecule has 0 saturated heterocycles. The van der Waals surface area contributed by atoms with Gasteiger partial charge in [-0.05, 0) is 55.5 Å². The Balaban J connectivity index is 2.58. The lowest BCUT2D eigenvalue weighted by molar-refractivity contribution is 1.00. The zero-order valence-corrected chi connectivity index (χ0v) is 14.7. The molecule has 0 N–H and O–H groups in total. The Kier molecular flexibility index (Phi) is 7.59.